The largest absolute Gasteiger partial charge is 0.456 e. The molecule has 0 amide bonds. The van der Waals surface area contributed by atoms with E-state index in [1.165, 1.54) is 38.0 Å². The first-order valence-electron chi connectivity index (χ1n) is 19.3. The van der Waals surface area contributed by atoms with E-state index in [0.29, 0.717) is 5.95 Å². The second-order valence-electron chi connectivity index (χ2n) is 15.0. The number of furan rings is 1. The van der Waals surface area contributed by atoms with Crippen molar-refractivity contribution in [3.63, 3.8) is 0 Å². The standard InChI is InChI=1S/C52H30N4O/c1-2-14-34-31(12-1)24-26-38-35-15-4-8-20-44(35)55(51(34)38)46-22-11-13-32-28-41-36-16-5-9-21-45(36)56(47(41)30-40(32)46)52-53-43-19-7-3-18-39(43)50(54-52)33-25-27-49-42(29-33)37-17-6-10-23-48(37)57-49/h1-30H. The van der Waals surface area contributed by atoms with Gasteiger partial charge in [-0.05, 0) is 71.4 Å². The lowest BCUT2D eigenvalue weighted by Gasteiger charge is -2.14. The minimum absolute atomic E-state index is 0.631. The number of para-hydroxylation sites is 4. The fourth-order valence-corrected chi connectivity index (χ4v) is 9.37. The van der Waals surface area contributed by atoms with Crippen LogP contribution < -0.4 is 0 Å². The van der Waals surface area contributed by atoms with Gasteiger partial charge in [-0.3, -0.25) is 4.57 Å². The topological polar surface area (TPSA) is 48.8 Å². The number of benzene rings is 9. The zero-order chi connectivity index (χ0) is 37.2. The fraction of sp³-hybridized carbons (Fsp3) is 0. The highest BCUT2D eigenvalue weighted by molar-refractivity contribution is 6.20. The molecule has 5 heteroatoms. The third-order valence-corrected chi connectivity index (χ3v) is 11.9. The molecule has 0 saturated heterocycles. The van der Waals surface area contributed by atoms with Crippen molar-refractivity contribution in [2.75, 3.05) is 0 Å². The maximum atomic E-state index is 6.21. The molecule has 0 spiro atoms. The first-order valence-corrected chi connectivity index (χ1v) is 19.3. The minimum Gasteiger partial charge on any atom is -0.456 e. The van der Waals surface area contributed by atoms with Crippen molar-refractivity contribution in [1.29, 1.82) is 0 Å². The quantitative estimate of drug-likeness (QED) is 0.182. The summed E-state index contributed by atoms with van der Waals surface area (Å²) in [7, 11) is 0. The molecule has 0 radical (unpaired) electrons. The van der Waals surface area contributed by atoms with Gasteiger partial charge in [0.1, 0.15) is 11.2 Å². The van der Waals surface area contributed by atoms with Crippen LogP contribution in [0, 0.1) is 0 Å². The van der Waals surface area contributed by atoms with E-state index < -0.39 is 0 Å². The zero-order valence-corrected chi connectivity index (χ0v) is 30.5. The Morgan fingerprint density at radius 1 is 0.368 bits per heavy atom. The van der Waals surface area contributed by atoms with Crippen LogP contribution in [0.3, 0.4) is 0 Å². The van der Waals surface area contributed by atoms with Crippen molar-refractivity contribution in [1.82, 2.24) is 19.1 Å². The fourth-order valence-electron chi connectivity index (χ4n) is 9.37. The molecule has 0 aliphatic rings. The van der Waals surface area contributed by atoms with Gasteiger partial charge in [0.2, 0.25) is 5.95 Å². The van der Waals surface area contributed by atoms with Crippen LogP contribution >= 0.6 is 0 Å². The average molecular weight is 727 g/mol. The Morgan fingerprint density at radius 2 is 1.05 bits per heavy atom. The minimum atomic E-state index is 0.631. The Bertz CT molecular complexity index is 3830. The molecule has 0 aliphatic heterocycles. The van der Waals surface area contributed by atoms with E-state index in [1.807, 2.05) is 12.1 Å². The molecule has 0 aliphatic carbocycles. The smallest absolute Gasteiger partial charge is 0.235 e. The van der Waals surface area contributed by atoms with E-state index >= 15 is 0 Å². The van der Waals surface area contributed by atoms with Crippen molar-refractivity contribution in [2.24, 2.45) is 0 Å². The molecule has 4 aromatic heterocycles. The van der Waals surface area contributed by atoms with E-state index in [0.717, 1.165) is 77.0 Å². The third kappa shape index (κ3) is 4.28. The summed E-state index contributed by atoms with van der Waals surface area (Å²) < 4.78 is 10.9. The summed E-state index contributed by atoms with van der Waals surface area (Å²) in [6.07, 6.45) is 0. The molecule has 0 bridgehead atoms. The second kappa shape index (κ2) is 11.4. The lowest BCUT2D eigenvalue weighted by molar-refractivity contribution is 0.669. The summed E-state index contributed by atoms with van der Waals surface area (Å²) in [5.74, 6) is 0.631. The lowest BCUT2D eigenvalue weighted by atomic mass is 10.0. The number of aromatic nitrogens is 4. The van der Waals surface area contributed by atoms with Crippen molar-refractivity contribution in [2.45, 2.75) is 0 Å². The van der Waals surface area contributed by atoms with E-state index in [2.05, 4.69) is 179 Å². The van der Waals surface area contributed by atoms with Gasteiger partial charge in [-0.15, -0.1) is 0 Å². The second-order valence-corrected chi connectivity index (χ2v) is 15.0. The van der Waals surface area contributed by atoms with Crippen LogP contribution in [0.1, 0.15) is 0 Å². The van der Waals surface area contributed by atoms with Crippen LogP contribution in [-0.4, -0.2) is 19.1 Å². The highest BCUT2D eigenvalue weighted by Gasteiger charge is 2.21. The van der Waals surface area contributed by atoms with Crippen LogP contribution in [0.5, 0.6) is 0 Å². The van der Waals surface area contributed by atoms with Crippen LogP contribution in [0.2, 0.25) is 0 Å². The number of nitrogens with zero attached hydrogens (tertiary/aromatic N) is 4. The SMILES string of the molecule is c1cc(-n2c3ccccc3c3ccc4ccccc4c32)c2cc3c(cc2c1)c1ccccc1n3-c1nc(-c2ccc3oc4ccccc4c3c2)c2ccccc2n1. The van der Waals surface area contributed by atoms with Gasteiger partial charge in [-0.2, -0.15) is 0 Å². The monoisotopic (exact) mass is 726 g/mol. The molecule has 0 unspecified atom stereocenters. The summed E-state index contributed by atoms with van der Waals surface area (Å²) in [5.41, 5.74) is 10.2. The zero-order valence-electron chi connectivity index (χ0n) is 30.5. The number of hydrogen-bond acceptors (Lipinski definition) is 3. The highest BCUT2D eigenvalue weighted by atomic mass is 16.3. The molecule has 264 valence electrons. The van der Waals surface area contributed by atoms with Crippen molar-refractivity contribution in [3.05, 3.63) is 182 Å². The summed E-state index contributed by atoms with van der Waals surface area (Å²) in [5, 5.41) is 12.8. The van der Waals surface area contributed by atoms with E-state index in [4.69, 9.17) is 14.4 Å². The number of rotatable bonds is 3. The Hall–Kier alpha value is -7.76. The van der Waals surface area contributed by atoms with E-state index in [9.17, 15) is 0 Å². The molecule has 57 heavy (non-hydrogen) atoms. The summed E-state index contributed by atoms with van der Waals surface area (Å²) >= 11 is 0. The molecule has 0 saturated carbocycles. The van der Waals surface area contributed by atoms with Gasteiger partial charge in [-0.25, -0.2) is 9.97 Å². The Kier molecular flexibility index (Phi) is 6.10. The maximum absolute atomic E-state index is 6.21. The molecule has 0 N–H and O–H groups in total. The molecule has 4 heterocycles. The first kappa shape index (κ1) is 30.6. The molecule has 0 atom stereocenters. The highest BCUT2D eigenvalue weighted by Crippen LogP contribution is 2.42. The molecule has 5 nitrogen and oxygen atoms in total. The Balaban J connectivity index is 1.12. The summed E-state index contributed by atoms with van der Waals surface area (Å²) in [4.78, 5) is 10.8. The van der Waals surface area contributed by atoms with Gasteiger partial charge in [0, 0.05) is 54.0 Å². The summed E-state index contributed by atoms with van der Waals surface area (Å²) in [6.45, 7) is 0. The Morgan fingerprint density at radius 3 is 1.93 bits per heavy atom. The van der Waals surface area contributed by atoms with Gasteiger partial charge in [0.15, 0.2) is 0 Å². The van der Waals surface area contributed by atoms with Gasteiger partial charge in [0.25, 0.3) is 0 Å². The maximum Gasteiger partial charge on any atom is 0.235 e. The van der Waals surface area contributed by atoms with Gasteiger partial charge in [0.05, 0.1) is 39.0 Å². The molecular weight excluding hydrogens is 697 g/mol. The predicted octanol–water partition coefficient (Wildman–Crippen LogP) is 13.7. The lowest BCUT2D eigenvalue weighted by Crippen LogP contribution is -2.03. The van der Waals surface area contributed by atoms with Gasteiger partial charge < -0.3 is 8.98 Å². The van der Waals surface area contributed by atoms with Gasteiger partial charge in [-0.1, -0.05) is 121 Å². The van der Waals surface area contributed by atoms with Crippen molar-refractivity contribution >= 4 is 98.0 Å². The van der Waals surface area contributed by atoms with Crippen molar-refractivity contribution in [3.8, 4) is 22.9 Å². The molecular formula is C52H30N4O. The van der Waals surface area contributed by atoms with Crippen LogP contribution in [0.25, 0.3) is 121 Å². The molecule has 13 aromatic rings. The van der Waals surface area contributed by atoms with E-state index in [1.54, 1.807) is 0 Å². The third-order valence-electron chi connectivity index (χ3n) is 11.9. The number of hydrogen-bond donors (Lipinski definition) is 0. The predicted molar refractivity (Wildman–Crippen MR) is 236 cm³/mol. The Labute approximate surface area is 325 Å². The van der Waals surface area contributed by atoms with E-state index in [-0.39, 0.29) is 0 Å². The normalized spacial score (nSPS) is 12.2. The molecule has 13 rings (SSSR count). The van der Waals surface area contributed by atoms with Crippen LogP contribution in [0.4, 0.5) is 0 Å². The van der Waals surface area contributed by atoms with Gasteiger partial charge >= 0.3 is 0 Å². The molecule has 9 aromatic carbocycles. The van der Waals surface area contributed by atoms with Crippen LogP contribution in [-0.2, 0) is 0 Å². The summed E-state index contributed by atoms with van der Waals surface area (Å²) in [6, 6.07) is 64.9. The number of fused-ring (bicyclic) bond motifs is 13. The van der Waals surface area contributed by atoms with Crippen molar-refractivity contribution < 1.29 is 4.42 Å². The first-order chi connectivity index (χ1) is 28.3. The molecule has 0 fully saturated rings. The average Bonchev–Trinajstić information content (AvgIpc) is 3.92. The van der Waals surface area contributed by atoms with Crippen LogP contribution in [0.15, 0.2) is 186 Å².